The van der Waals surface area contributed by atoms with E-state index in [0.717, 1.165) is 16.1 Å². The molecule has 0 radical (unpaired) electrons. The van der Waals surface area contributed by atoms with Crippen LogP contribution in [0.1, 0.15) is 17.2 Å². The van der Waals surface area contributed by atoms with E-state index < -0.39 is 17.7 Å². The van der Waals surface area contributed by atoms with Gasteiger partial charge in [-0.05, 0) is 30.2 Å². The van der Waals surface area contributed by atoms with Crippen molar-refractivity contribution >= 4 is 15.9 Å². The molecule has 1 unspecified atom stereocenters. The minimum Gasteiger partial charge on any atom is -0.271 e. The predicted molar refractivity (Wildman–Crippen MR) is 74.3 cm³/mol. The van der Waals surface area contributed by atoms with Gasteiger partial charge in [0.15, 0.2) is 11.6 Å². The number of nitrogens with two attached hydrogens (primary N) is 1. The van der Waals surface area contributed by atoms with Crippen LogP contribution in [0.5, 0.6) is 0 Å². The molecule has 0 amide bonds. The van der Waals surface area contributed by atoms with Crippen LogP contribution in [0, 0.1) is 11.6 Å². The molecule has 2 nitrogen and oxygen atoms in total. The van der Waals surface area contributed by atoms with Gasteiger partial charge in [-0.2, -0.15) is 0 Å². The van der Waals surface area contributed by atoms with Crippen LogP contribution >= 0.6 is 15.9 Å². The molecule has 5 heteroatoms. The van der Waals surface area contributed by atoms with Crippen LogP contribution < -0.4 is 11.3 Å². The molecule has 0 aromatic heterocycles. The van der Waals surface area contributed by atoms with Crippen molar-refractivity contribution in [3.8, 4) is 0 Å². The number of hydrogen-bond acceptors (Lipinski definition) is 2. The van der Waals surface area contributed by atoms with Gasteiger partial charge in [0, 0.05) is 10.0 Å². The first-order valence-corrected chi connectivity index (χ1v) is 6.55. The normalized spacial score (nSPS) is 12.4. The average molecular weight is 327 g/mol. The number of rotatable bonds is 4. The van der Waals surface area contributed by atoms with E-state index in [1.54, 1.807) is 0 Å². The first-order chi connectivity index (χ1) is 9.11. The van der Waals surface area contributed by atoms with Gasteiger partial charge < -0.3 is 0 Å². The SMILES string of the molecule is NNC(Cc1cccc(Br)c1)c1cccc(F)c1F. The molecule has 0 bridgehead atoms. The van der Waals surface area contributed by atoms with Crippen LogP contribution in [0.15, 0.2) is 46.9 Å². The van der Waals surface area contributed by atoms with Crippen molar-refractivity contribution in [3.63, 3.8) is 0 Å². The zero-order valence-electron chi connectivity index (χ0n) is 10.0. The summed E-state index contributed by atoms with van der Waals surface area (Å²) < 4.78 is 27.9. The van der Waals surface area contributed by atoms with Gasteiger partial charge in [-0.15, -0.1) is 0 Å². The fourth-order valence-electron chi connectivity index (χ4n) is 1.95. The van der Waals surface area contributed by atoms with Gasteiger partial charge >= 0.3 is 0 Å². The zero-order chi connectivity index (χ0) is 13.8. The Labute approximate surface area is 118 Å². The third kappa shape index (κ3) is 3.37. The highest BCUT2D eigenvalue weighted by molar-refractivity contribution is 9.10. The quantitative estimate of drug-likeness (QED) is 0.667. The summed E-state index contributed by atoms with van der Waals surface area (Å²) in [5.74, 6) is 3.73. The Morgan fingerprint density at radius 2 is 1.89 bits per heavy atom. The lowest BCUT2D eigenvalue weighted by Crippen LogP contribution is -2.30. The van der Waals surface area contributed by atoms with E-state index >= 15 is 0 Å². The molecule has 0 aliphatic carbocycles. The standard InChI is InChI=1S/C14H13BrF2N2/c15-10-4-1-3-9(7-10)8-13(19-18)11-5-2-6-12(16)14(11)17/h1-7,13,19H,8,18H2. The molecule has 2 rings (SSSR count). The molecule has 0 spiro atoms. The van der Waals surface area contributed by atoms with Crippen molar-refractivity contribution in [2.45, 2.75) is 12.5 Å². The number of halogens is 3. The molecule has 0 fully saturated rings. The van der Waals surface area contributed by atoms with Crippen molar-refractivity contribution in [2.75, 3.05) is 0 Å². The highest BCUT2D eigenvalue weighted by atomic mass is 79.9. The van der Waals surface area contributed by atoms with E-state index in [0.29, 0.717) is 6.42 Å². The molecular weight excluding hydrogens is 314 g/mol. The van der Waals surface area contributed by atoms with Gasteiger partial charge in [0.05, 0.1) is 6.04 Å². The van der Waals surface area contributed by atoms with E-state index in [1.165, 1.54) is 12.1 Å². The van der Waals surface area contributed by atoms with Crippen molar-refractivity contribution in [2.24, 2.45) is 5.84 Å². The summed E-state index contributed by atoms with van der Waals surface area (Å²) >= 11 is 3.37. The molecule has 0 aliphatic rings. The maximum Gasteiger partial charge on any atom is 0.163 e. The largest absolute Gasteiger partial charge is 0.271 e. The van der Waals surface area contributed by atoms with E-state index in [2.05, 4.69) is 21.4 Å². The van der Waals surface area contributed by atoms with Crippen molar-refractivity contribution < 1.29 is 8.78 Å². The summed E-state index contributed by atoms with van der Waals surface area (Å²) in [4.78, 5) is 0. The van der Waals surface area contributed by atoms with Gasteiger partial charge in [-0.25, -0.2) is 8.78 Å². The molecule has 0 saturated carbocycles. The molecule has 0 aliphatic heterocycles. The minimum absolute atomic E-state index is 0.225. The summed E-state index contributed by atoms with van der Waals surface area (Å²) in [5, 5.41) is 0. The maximum atomic E-state index is 13.7. The molecule has 1 atom stereocenters. The van der Waals surface area contributed by atoms with Crippen LogP contribution in [-0.2, 0) is 6.42 Å². The smallest absolute Gasteiger partial charge is 0.163 e. The number of nitrogens with one attached hydrogen (secondary N) is 1. The predicted octanol–water partition coefficient (Wildman–Crippen LogP) is 3.47. The average Bonchev–Trinajstić information content (AvgIpc) is 2.40. The van der Waals surface area contributed by atoms with E-state index in [9.17, 15) is 8.78 Å². The van der Waals surface area contributed by atoms with Gasteiger partial charge in [0.2, 0.25) is 0 Å². The lowest BCUT2D eigenvalue weighted by molar-refractivity contribution is 0.464. The van der Waals surface area contributed by atoms with E-state index in [1.807, 2.05) is 24.3 Å². The van der Waals surface area contributed by atoms with Gasteiger partial charge in [-0.1, -0.05) is 40.2 Å². The van der Waals surface area contributed by atoms with Crippen molar-refractivity contribution in [3.05, 3.63) is 69.7 Å². The Morgan fingerprint density at radius 1 is 1.16 bits per heavy atom. The van der Waals surface area contributed by atoms with E-state index in [-0.39, 0.29) is 5.56 Å². The number of benzene rings is 2. The molecule has 2 aromatic rings. The third-order valence-electron chi connectivity index (χ3n) is 2.89. The second-order valence-electron chi connectivity index (χ2n) is 4.20. The van der Waals surface area contributed by atoms with Crippen LogP contribution in [0.2, 0.25) is 0 Å². The number of hydrazine groups is 1. The van der Waals surface area contributed by atoms with Crippen LogP contribution in [0.4, 0.5) is 8.78 Å². The first kappa shape index (κ1) is 14.1. The number of hydrogen-bond donors (Lipinski definition) is 2. The highest BCUT2D eigenvalue weighted by Crippen LogP contribution is 2.23. The van der Waals surface area contributed by atoms with E-state index in [4.69, 9.17) is 5.84 Å². The summed E-state index contributed by atoms with van der Waals surface area (Å²) in [5.41, 5.74) is 3.73. The fourth-order valence-corrected chi connectivity index (χ4v) is 2.39. The Hall–Kier alpha value is -1.30. The first-order valence-electron chi connectivity index (χ1n) is 5.76. The van der Waals surface area contributed by atoms with Gasteiger partial charge in [-0.3, -0.25) is 11.3 Å². The summed E-state index contributed by atoms with van der Waals surface area (Å²) in [6.07, 6.45) is 0.469. The molecule has 0 saturated heterocycles. The highest BCUT2D eigenvalue weighted by Gasteiger charge is 2.17. The Morgan fingerprint density at radius 3 is 2.58 bits per heavy atom. The zero-order valence-corrected chi connectivity index (χ0v) is 11.6. The lowest BCUT2D eigenvalue weighted by Gasteiger charge is -2.17. The summed E-state index contributed by atoms with van der Waals surface area (Å²) in [6, 6.07) is 11.2. The molecule has 3 N–H and O–H groups in total. The molecule has 2 aromatic carbocycles. The van der Waals surface area contributed by atoms with Gasteiger partial charge in [0.1, 0.15) is 0 Å². The minimum atomic E-state index is -0.869. The van der Waals surface area contributed by atoms with Crippen LogP contribution in [-0.4, -0.2) is 0 Å². The molecular formula is C14H13BrF2N2. The fraction of sp³-hybridized carbons (Fsp3) is 0.143. The second kappa shape index (κ2) is 6.23. The second-order valence-corrected chi connectivity index (χ2v) is 5.11. The lowest BCUT2D eigenvalue weighted by atomic mass is 9.99. The maximum absolute atomic E-state index is 13.7. The topological polar surface area (TPSA) is 38.0 Å². The molecule has 0 heterocycles. The molecule has 19 heavy (non-hydrogen) atoms. The molecule has 100 valence electrons. The van der Waals surface area contributed by atoms with Crippen LogP contribution in [0.3, 0.4) is 0 Å². The Balaban J connectivity index is 2.28. The van der Waals surface area contributed by atoms with Crippen molar-refractivity contribution in [1.82, 2.24) is 5.43 Å². The Kier molecular flexibility index (Phi) is 4.63. The van der Waals surface area contributed by atoms with Crippen LogP contribution in [0.25, 0.3) is 0 Å². The monoisotopic (exact) mass is 326 g/mol. The van der Waals surface area contributed by atoms with Gasteiger partial charge in [0.25, 0.3) is 0 Å². The Bertz CT molecular complexity index is 575. The third-order valence-corrected chi connectivity index (χ3v) is 3.38. The summed E-state index contributed by atoms with van der Waals surface area (Å²) in [6.45, 7) is 0. The van der Waals surface area contributed by atoms with Crippen molar-refractivity contribution in [1.29, 1.82) is 0 Å². The summed E-state index contributed by atoms with van der Waals surface area (Å²) in [7, 11) is 0.